The van der Waals surface area contributed by atoms with Crippen molar-refractivity contribution in [2.75, 3.05) is 26.2 Å². The Balaban J connectivity index is 1.72. The Morgan fingerprint density at radius 2 is 2.36 bits per heavy atom. The third-order valence-corrected chi connectivity index (χ3v) is 4.37. The maximum Gasteiger partial charge on any atom is 0.222 e. The van der Waals surface area contributed by atoms with Crippen molar-refractivity contribution in [2.45, 2.75) is 39.7 Å². The van der Waals surface area contributed by atoms with Crippen LogP contribution in [-0.2, 0) is 11.3 Å². The van der Waals surface area contributed by atoms with Gasteiger partial charge in [-0.2, -0.15) is 0 Å². The van der Waals surface area contributed by atoms with E-state index in [0.717, 1.165) is 54.9 Å². The van der Waals surface area contributed by atoms with Crippen molar-refractivity contribution in [3.63, 3.8) is 0 Å². The number of amides is 1. The van der Waals surface area contributed by atoms with Crippen LogP contribution in [0.1, 0.15) is 36.1 Å². The van der Waals surface area contributed by atoms with Gasteiger partial charge in [-0.05, 0) is 26.7 Å². The second-order valence-corrected chi connectivity index (χ2v) is 6.62. The normalized spacial score (nSPS) is 15.5. The van der Waals surface area contributed by atoms with Gasteiger partial charge in [-0.3, -0.25) is 4.79 Å². The molecule has 0 saturated carbocycles. The Kier molecular flexibility index (Phi) is 6.64. The quantitative estimate of drug-likeness (QED) is 0.453. The molecule has 2 heterocycles. The fourth-order valence-electron chi connectivity index (χ4n) is 2.39. The summed E-state index contributed by atoms with van der Waals surface area (Å²) in [7, 11) is 0. The smallest absolute Gasteiger partial charge is 0.222 e. The molecule has 122 valence electrons. The Bertz CT molecular complexity index is 514. The van der Waals surface area contributed by atoms with E-state index in [1.165, 1.54) is 0 Å². The first-order valence-electron chi connectivity index (χ1n) is 7.90. The van der Waals surface area contributed by atoms with E-state index in [9.17, 15) is 4.79 Å². The van der Waals surface area contributed by atoms with E-state index in [0.29, 0.717) is 18.9 Å². The summed E-state index contributed by atoms with van der Waals surface area (Å²) in [5.41, 5.74) is 0. The van der Waals surface area contributed by atoms with Crippen LogP contribution in [0, 0.1) is 6.92 Å². The molecule has 7 heteroatoms. The molecule has 0 radical (unpaired) electrons. The van der Waals surface area contributed by atoms with E-state index in [-0.39, 0.29) is 0 Å². The largest absolute Gasteiger partial charge is 0.357 e. The summed E-state index contributed by atoms with van der Waals surface area (Å²) in [5, 5.41) is 7.63. The standard InChI is InChI=1S/C15H25N5OS/c1-3-16-15(19-11-13-10-18-12(2)22-13)17-7-5-9-20-8-4-6-14(20)21/h10H,3-9,11H2,1-2H3,(H2,16,17,19). The summed E-state index contributed by atoms with van der Waals surface area (Å²) in [4.78, 5) is 23.4. The molecule has 1 aromatic rings. The van der Waals surface area contributed by atoms with Crippen LogP contribution in [0.15, 0.2) is 11.2 Å². The van der Waals surface area contributed by atoms with Crippen molar-refractivity contribution in [3.8, 4) is 0 Å². The molecule has 1 aromatic heterocycles. The second-order valence-electron chi connectivity index (χ2n) is 5.31. The van der Waals surface area contributed by atoms with E-state index in [1.807, 2.05) is 18.0 Å². The minimum atomic E-state index is 0.293. The van der Waals surface area contributed by atoms with Gasteiger partial charge in [0.05, 0.1) is 11.6 Å². The highest BCUT2D eigenvalue weighted by atomic mass is 32.1. The summed E-state index contributed by atoms with van der Waals surface area (Å²) in [6.45, 7) is 8.09. The maximum absolute atomic E-state index is 11.5. The van der Waals surface area contributed by atoms with E-state index in [4.69, 9.17) is 0 Å². The fraction of sp³-hybridized carbons (Fsp3) is 0.667. The molecule has 0 bridgehead atoms. The Morgan fingerprint density at radius 1 is 1.50 bits per heavy atom. The molecule has 1 aliphatic rings. The number of hydrogen-bond acceptors (Lipinski definition) is 4. The van der Waals surface area contributed by atoms with Crippen molar-refractivity contribution in [1.29, 1.82) is 0 Å². The van der Waals surface area contributed by atoms with Gasteiger partial charge in [0.15, 0.2) is 5.96 Å². The number of aryl methyl sites for hydroxylation is 1. The van der Waals surface area contributed by atoms with E-state index >= 15 is 0 Å². The van der Waals surface area contributed by atoms with Crippen LogP contribution in [-0.4, -0.2) is 47.9 Å². The molecule has 1 amide bonds. The van der Waals surface area contributed by atoms with Crippen molar-refractivity contribution in [2.24, 2.45) is 4.99 Å². The van der Waals surface area contributed by atoms with Crippen LogP contribution in [0.4, 0.5) is 0 Å². The first-order valence-corrected chi connectivity index (χ1v) is 8.72. The molecule has 22 heavy (non-hydrogen) atoms. The Morgan fingerprint density at radius 3 is 3.00 bits per heavy atom. The van der Waals surface area contributed by atoms with Crippen LogP contribution in [0.3, 0.4) is 0 Å². The molecule has 2 rings (SSSR count). The van der Waals surface area contributed by atoms with Crippen molar-refractivity contribution < 1.29 is 4.79 Å². The predicted octanol–water partition coefficient (Wildman–Crippen LogP) is 1.52. The highest BCUT2D eigenvalue weighted by Gasteiger charge is 2.18. The van der Waals surface area contributed by atoms with Crippen molar-refractivity contribution >= 4 is 23.2 Å². The van der Waals surface area contributed by atoms with Crippen LogP contribution in [0.5, 0.6) is 0 Å². The number of aliphatic imine (C=N–C) groups is 1. The van der Waals surface area contributed by atoms with Gasteiger partial charge in [0.25, 0.3) is 0 Å². The fourth-order valence-corrected chi connectivity index (χ4v) is 3.11. The number of rotatable bonds is 7. The third kappa shape index (κ3) is 5.29. The zero-order chi connectivity index (χ0) is 15.8. The van der Waals surface area contributed by atoms with E-state index in [1.54, 1.807) is 11.3 Å². The molecule has 0 spiro atoms. The first-order chi connectivity index (χ1) is 10.7. The van der Waals surface area contributed by atoms with Gasteiger partial charge in [-0.1, -0.05) is 0 Å². The summed E-state index contributed by atoms with van der Waals surface area (Å²) in [6, 6.07) is 0. The highest BCUT2D eigenvalue weighted by molar-refractivity contribution is 7.11. The number of guanidine groups is 1. The summed E-state index contributed by atoms with van der Waals surface area (Å²) < 4.78 is 0. The highest BCUT2D eigenvalue weighted by Crippen LogP contribution is 2.12. The average molecular weight is 323 g/mol. The monoisotopic (exact) mass is 323 g/mol. The minimum absolute atomic E-state index is 0.293. The van der Waals surface area contributed by atoms with Crippen LogP contribution in [0.2, 0.25) is 0 Å². The van der Waals surface area contributed by atoms with Crippen molar-refractivity contribution in [3.05, 3.63) is 16.1 Å². The Hall–Kier alpha value is -1.63. The average Bonchev–Trinajstić information content (AvgIpc) is 3.09. The number of nitrogens with one attached hydrogen (secondary N) is 2. The van der Waals surface area contributed by atoms with Gasteiger partial charge in [-0.25, -0.2) is 9.98 Å². The lowest BCUT2D eigenvalue weighted by molar-refractivity contribution is -0.127. The van der Waals surface area contributed by atoms with E-state index in [2.05, 4.69) is 27.5 Å². The zero-order valence-corrected chi connectivity index (χ0v) is 14.2. The van der Waals surface area contributed by atoms with Gasteiger partial charge in [0, 0.05) is 43.7 Å². The molecule has 0 atom stereocenters. The number of nitrogens with zero attached hydrogens (tertiary/aromatic N) is 3. The molecule has 2 N–H and O–H groups in total. The molecule has 6 nitrogen and oxygen atoms in total. The Labute approximate surface area is 136 Å². The lowest BCUT2D eigenvalue weighted by atomic mass is 10.4. The summed E-state index contributed by atoms with van der Waals surface area (Å²) in [5.74, 6) is 1.11. The van der Waals surface area contributed by atoms with Crippen molar-refractivity contribution in [1.82, 2.24) is 20.5 Å². The van der Waals surface area contributed by atoms with Gasteiger partial charge in [-0.15, -0.1) is 11.3 Å². The molecule has 1 fully saturated rings. The van der Waals surface area contributed by atoms with Gasteiger partial charge >= 0.3 is 0 Å². The zero-order valence-electron chi connectivity index (χ0n) is 13.4. The summed E-state index contributed by atoms with van der Waals surface area (Å²) >= 11 is 1.68. The SMILES string of the molecule is CCNC(=NCc1cnc(C)s1)NCCCN1CCCC1=O. The minimum Gasteiger partial charge on any atom is -0.357 e. The molecule has 1 saturated heterocycles. The second kappa shape index (κ2) is 8.73. The molecular formula is C15H25N5OS. The number of likely N-dealkylation sites (tertiary alicyclic amines) is 1. The molecule has 1 aliphatic heterocycles. The molecule has 0 unspecified atom stereocenters. The van der Waals surface area contributed by atoms with Gasteiger partial charge in [0.2, 0.25) is 5.91 Å². The van der Waals surface area contributed by atoms with Crippen LogP contribution >= 0.6 is 11.3 Å². The number of carbonyl (C=O) groups is 1. The molecular weight excluding hydrogens is 298 g/mol. The maximum atomic E-state index is 11.5. The van der Waals surface area contributed by atoms with E-state index < -0.39 is 0 Å². The lowest BCUT2D eigenvalue weighted by Gasteiger charge is -2.16. The topological polar surface area (TPSA) is 69.6 Å². The molecule has 0 aliphatic carbocycles. The van der Waals surface area contributed by atoms with Crippen LogP contribution in [0.25, 0.3) is 0 Å². The predicted molar refractivity (Wildman–Crippen MR) is 90.1 cm³/mol. The van der Waals surface area contributed by atoms with Crippen LogP contribution < -0.4 is 10.6 Å². The molecule has 0 aromatic carbocycles. The van der Waals surface area contributed by atoms with Gasteiger partial charge in [0.1, 0.15) is 0 Å². The first kappa shape index (κ1) is 16.7. The number of thiazole rings is 1. The third-order valence-electron chi connectivity index (χ3n) is 3.48. The summed E-state index contributed by atoms with van der Waals surface area (Å²) in [6.07, 6.45) is 4.54. The lowest BCUT2D eigenvalue weighted by Crippen LogP contribution is -2.38. The number of hydrogen-bond donors (Lipinski definition) is 2. The van der Waals surface area contributed by atoms with Gasteiger partial charge < -0.3 is 15.5 Å². The number of carbonyl (C=O) groups excluding carboxylic acids is 1. The number of aromatic nitrogens is 1.